The number of cyclic esters (lactones) is 2. The van der Waals surface area contributed by atoms with Crippen LogP contribution < -0.4 is 36.6 Å². The molecule has 3 aliphatic rings. The van der Waals surface area contributed by atoms with E-state index in [1.807, 2.05) is 32.9 Å². The summed E-state index contributed by atoms with van der Waals surface area (Å²) in [6.45, 7) is 14.6. The highest BCUT2D eigenvalue weighted by Crippen LogP contribution is 2.45. The number of esters is 2. The molecule has 5 rings (SSSR count). The molecule has 6 N–H and O–H groups in total. The van der Waals surface area contributed by atoms with E-state index < -0.39 is 125 Å². The molecule has 2 fully saturated rings. The Balaban J connectivity index is 1.23. The number of hydrogen-bond donors (Lipinski definition) is 6. The SMILES string of the molecule is COCCOCCOCCOCCNC(=O)CCC(NC(=O)C(NC(=O)CCCC(=O)ON1C(=O)CCC1=O)C(C)C)C(=O)NCc1ccc([C@H]2O[C@@H]2[C@@H](C)[C@@H]2C/C=C/C(=O)N[C@H](Cc3ccc(OC)c(Cl)c3)C(=O)NCC(C)(C)C(=O)O[C@@H](CC(C)C)C(=O)O2)cc1. The summed E-state index contributed by atoms with van der Waals surface area (Å²) in [5, 5.41) is 17.2. The summed E-state index contributed by atoms with van der Waals surface area (Å²) in [6.07, 6.45) is -1.08. The Bertz CT molecular complexity index is 2890. The number of carbonyl (C=O) groups is 11. The fraction of sp³-hybridized carbons (Fsp3) is 0.615. The molecule has 28 heteroatoms. The molecular weight excluding hydrogens is 1230 g/mol. The fourth-order valence-corrected chi connectivity index (χ4v) is 10.1. The molecule has 3 heterocycles. The third-order valence-corrected chi connectivity index (χ3v) is 15.6. The van der Waals surface area contributed by atoms with Crippen LogP contribution >= 0.6 is 11.6 Å². The van der Waals surface area contributed by atoms with Crippen LogP contribution in [0.15, 0.2) is 54.6 Å². The van der Waals surface area contributed by atoms with Crippen LogP contribution in [0.5, 0.6) is 5.75 Å². The molecule has 2 aromatic rings. The molecule has 2 aromatic carbocycles. The number of halogens is 1. The van der Waals surface area contributed by atoms with Crippen molar-refractivity contribution in [2.75, 3.05) is 73.6 Å². The molecule has 2 saturated heterocycles. The van der Waals surface area contributed by atoms with Crippen LogP contribution in [0.2, 0.25) is 5.02 Å². The number of epoxide rings is 1. The molecule has 514 valence electrons. The Morgan fingerprint density at radius 3 is 2.05 bits per heavy atom. The van der Waals surface area contributed by atoms with Gasteiger partial charge in [-0.2, -0.15) is 0 Å². The number of benzene rings is 2. The van der Waals surface area contributed by atoms with E-state index in [0.29, 0.717) is 60.0 Å². The van der Waals surface area contributed by atoms with Crippen molar-refractivity contribution in [3.63, 3.8) is 0 Å². The Morgan fingerprint density at radius 2 is 1.42 bits per heavy atom. The van der Waals surface area contributed by atoms with E-state index >= 15 is 0 Å². The lowest BCUT2D eigenvalue weighted by Crippen LogP contribution is -2.55. The zero-order chi connectivity index (χ0) is 68.2. The van der Waals surface area contributed by atoms with Gasteiger partial charge in [-0.05, 0) is 79.8 Å². The zero-order valence-corrected chi connectivity index (χ0v) is 55.4. The van der Waals surface area contributed by atoms with Crippen LogP contribution in [0.4, 0.5) is 0 Å². The van der Waals surface area contributed by atoms with Crippen molar-refractivity contribution in [3.05, 3.63) is 76.3 Å². The van der Waals surface area contributed by atoms with Gasteiger partial charge in [-0.3, -0.25) is 43.2 Å². The number of nitrogens with zero attached hydrogens (tertiary/aromatic N) is 1. The van der Waals surface area contributed by atoms with Gasteiger partial charge in [0.1, 0.15) is 36.1 Å². The summed E-state index contributed by atoms with van der Waals surface area (Å²) in [7, 11) is 3.06. The number of imide groups is 1. The van der Waals surface area contributed by atoms with Crippen LogP contribution in [0.1, 0.15) is 129 Å². The topological polar surface area (TPSA) is 350 Å². The number of methoxy groups -OCH3 is 2. The number of nitrogens with one attached hydrogen (secondary N) is 6. The number of rotatable bonds is 35. The molecule has 8 amide bonds. The maximum absolute atomic E-state index is 14.1. The van der Waals surface area contributed by atoms with Gasteiger partial charge >= 0.3 is 17.9 Å². The smallest absolute Gasteiger partial charge is 0.347 e. The van der Waals surface area contributed by atoms with Crippen molar-refractivity contribution in [1.29, 1.82) is 0 Å². The molecule has 2 unspecified atom stereocenters. The van der Waals surface area contributed by atoms with Gasteiger partial charge < -0.3 is 74.6 Å². The number of amides is 8. The first-order valence-electron chi connectivity index (χ1n) is 31.5. The van der Waals surface area contributed by atoms with Crippen molar-refractivity contribution >= 4 is 76.8 Å². The monoisotopic (exact) mass is 1330 g/mol. The third-order valence-electron chi connectivity index (χ3n) is 15.3. The van der Waals surface area contributed by atoms with Gasteiger partial charge in [0.05, 0.1) is 69.9 Å². The summed E-state index contributed by atoms with van der Waals surface area (Å²) in [4.78, 5) is 150. The van der Waals surface area contributed by atoms with Crippen molar-refractivity contribution in [1.82, 2.24) is 37.0 Å². The second kappa shape index (κ2) is 38.6. The molecule has 27 nitrogen and oxygen atoms in total. The predicted molar refractivity (Wildman–Crippen MR) is 335 cm³/mol. The molecule has 3 aliphatic heterocycles. The fourth-order valence-electron chi connectivity index (χ4n) is 9.78. The third kappa shape index (κ3) is 26.0. The molecular formula is C65H92ClN7O20. The van der Waals surface area contributed by atoms with Crippen LogP contribution in [-0.2, 0) is 104 Å². The first-order chi connectivity index (χ1) is 44.3. The van der Waals surface area contributed by atoms with Crippen molar-refractivity contribution in [2.24, 2.45) is 23.2 Å². The van der Waals surface area contributed by atoms with Crippen molar-refractivity contribution < 1.29 is 95.5 Å². The first-order valence-corrected chi connectivity index (χ1v) is 31.8. The first kappa shape index (κ1) is 76.2. The van der Waals surface area contributed by atoms with Gasteiger partial charge in [0.25, 0.3) is 11.8 Å². The molecule has 0 bridgehead atoms. The normalized spacial score (nSPS) is 20.7. The standard InChI is InChI=1S/C65H92ClN7O20/c1-39(2)34-50-63(83)90-48(12-10-13-52(75)70-47(36-43-18-22-49(86-9)45(66)35-43)61(81)69-38-65(6,7)64(84)91-50)41(5)58-59(92-58)44-19-16-42(17-20-44)37-68-60(80)46(21-23-51(74)67-26-27-87-30-31-89-33-32-88-29-28-85-8)71-62(82)57(40(3)4)72-53(76)14-11-15-56(79)93-73-54(77)24-25-55(73)78/h10,13,16-20,22,35,39-41,46-48,50,57-59H,11-12,14-15,21,23-34,36-38H2,1-9H3,(H,67,74)(H,68,80)(H,69,81)(H,70,75)(H,71,82)(H,72,76)/b13-10+/t41-,46?,47+,48-,50-,57?,58+,59+/m0/s1. The molecule has 0 saturated carbocycles. The Hall–Kier alpha value is -7.56. The van der Waals surface area contributed by atoms with Crippen LogP contribution in [0, 0.1) is 23.2 Å². The average molecular weight is 1330 g/mol. The van der Waals surface area contributed by atoms with E-state index in [2.05, 4.69) is 31.9 Å². The van der Waals surface area contributed by atoms with E-state index in [1.54, 1.807) is 65.1 Å². The molecule has 0 aromatic heterocycles. The Kier molecular flexibility index (Phi) is 31.6. The van der Waals surface area contributed by atoms with Crippen molar-refractivity contribution in [2.45, 2.75) is 162 Å². The van der Waals surface area contributed by atoms with E-state index in [1.165, 1.54) is 19.3 Å². The summed E-state index contributed by atoms with van der Waals surface area (Å²) in [5.41, 5.74) is 0.740. The summed E-state index contributed by atoms with van der Waals surface area (Å²) >= 11 is 6.40. The van der Waals surface area contributed by atoms with Gasteiger partial charge in [0, 0.05) is 77.6 Å². The molecule has 0 radical (unpaired) electrons. The van der Waals surface area contributed by atoms with Crippen LogP contribution in [0.3, 0.4) is 0 Å². The number of hydrogen-bond acceptors (Lipinski definition) is 20. The highest BCUT2D eigenvalue weighted by Gasteiger charge is 2.48. The molecule has 0 aliphatic carbocycles. The minimum atomic E-state index is -1.31. The molecule has 0 spiro atoms. The molecule has 8 atom stereocenters. The van der Waals surface area contributed by atoms with Crippen molar-refractivity contribution in [3.8, 4) is 5.75 Å². The Labute approximate surface area is 547 Å². The lowest BCUT2D eigenvalue weighted by atomic mass is 9.92. The van der Waals surface area contributed by atoms with E-state index in [-0.39, 0.29) is 103 Å². The van der Waals surface area contributed by atoms with Crippen LogP contribution in [0.25, 0.3) is 0 Å². The quantitative estimate of drug-likeness (QED) is 0.0248. The minimum absolute atomic E-state index is 0.00369. The maximum Gasteiger partial charge on any atom is 0.347 e. The number of carbonyl (C=O) groups excluding carboxylic acids is 11. The van der Waals surface area contributed by atoms with Gasteiger partial charge in [-0.1, -0.05) is 82.6 Å². The van der Waals surface area contributed by atoms with E-state index in [9.17, 15) is 52.7 Å². The largest absolute Gasteiger partial charge is 0.495 e. The number of hydroxylamine groups is 2. The summed E-state index contributed by atoms with van der Waals surface area (Å²) in [5.74, 6) is -7.82. The lowest BCUT2D eigenvalue weighted by molar-refractivity contribution is -0.197. The average Bonchev–Trinajstić information content (AvgIpc) is 1.66. The second-order valence-corrected chi connectivity index (χ2v) is 24.7. The van der Waals surface area contributed by atoms with Gasteiger partial charge in [0.15, 0.2) is 6.10 Å². The lowest BCUT2D eigenvalue weighted by Gasteiger charge is -2.29. The van der Waals surface area contributed by atoms with E-state index in [4.69, 9.17) is 54.3 Å². The van der Waals surface area contributed by atoms with Gasteiger partial charge in [0.2, 0.25) is 35.4 Å². The summed E-state index contributed by atoms with van der Waals surface area (Å²) in [6, 6.07) is 8.71. The van der Waals surface area contributed by atoms with E-state index in [0.717, 1.165) is 5.56 Å². The zero-order valence-electron chi connectivity index (χ0n) is 54.6. The second-order valence-electron chi connectivity index (χ2n) is 24.3. The maximum atomic E-state index is 14.1. The minimum Gasteiger partial charge on any atom is -0.495 e. The van der Waals surface area contributed by atoms with Gasteiger partial charge in [-0.15, -0.1) is 5.06 Å². The highest BCUT2D eigenvalue weighted by atomic mass is 35.5. The van der Waals surface area contributed by atoms with Gasteiger partial charge in [-0.25, -0.2) is 9.59 Å². The molecule has 93 heavy (non-hydrogen) atoms. The highest BCUT2D eigenvalue weighted by molar-refractivity contribution is 6.32. The Morgan fingerprint density at radius 1 is 0.763 bits per heavy atom. The predicted octanol–water partition coefficient (Wildman–Crippen LogP) is 3.74. The van der Waals surface area contributed by atoms with Crippen LogP contribution in [-0.4, -0.2) is 180 Å². The number of ether oxygens (including phenoxy) is 8. The summed E-state index contributed by atoms with van der Waals surface area (Å²) < 4.78 is 44.8.